The first kappa shape index (κ1) is 20.1. The molecule has 1 heterocycles. The molecule has 0 spiro atoms. The summed E-state index contributed by atoms with van der Waals surface area (Å²) in [7, 11) is -3.37. The largest absolute Gasteiger partial charge is 0.378 e. The standard InChI is InChI=1S/C18H34O5S/c1-24(19,20)23-15-9-12-18(16-21-13-7-8-14-22-18)17-10-5-3-2-4-6-11-17/h17H,2-16H2,1H3. The number of rotatable bonds is 6. The topological polar surface area (TPSA) is 61.8 Å². The van der Waals surface area contributed by atoms with Crippen LogP contribution in [0, 0.1) is 5.92 Å². The molecule has 0 N–H and O–H groups in total. The zero-order chi connectivity index (χ0) is 17.3. The van der Waals surface area contributed by atoms with Gasteiger partial charge in [-0.15, -0.1) is 0 Å². The maximum absolute atomic E-state index is 11.2. The Balaban J connectivity index is 2.00. The molecule has 1 aliphatic heterocycles. The van der Waals surface area contributed by atoms with Crippen molar-refractivity contribution in [3.63, 3.8) is 0 Å². The first-order valence-corrected chi connectivity index (χ1v) is 11.4. The Bertz CT molecular complexity index is 432. The molecule has 2 aliphatic rings. The lowest BCUT2D eigenvalue weighted by Gasteiger charge is -2.42. The second-order valence-electron chi connectivity index (χ2n) is 7.34. The van der Waals surface area contributed by atoms with E-state index in [1.54, 1.807) is 0 Å². The van der Waals surface area contributed by atoms with Gasteiger partial charge in [0.2, 0.25) is 0 Å². The van der Waals surface area contributed by atoms with Crippen molar-refractivity contribution >= 4 is 10.1 Å². The minimum Gasteiger partial charge on any atom is -0.378 e. The van der Waals surface area contributed by atoms with E-state index in [1.165, 1.54) is 44.9 Å². The highest BCUT2D eigenvalue weighted by Crippen LogP contribution is 2.38. The molecule has 6 heteroatoms. The molecule has 5 nitrogen and oxygen atoms in total. The Kier molecular flexibility index (Phi) is 8.47. The second kappa shape index (κ2) is 10.1. The molecule has 1 aliphatic carbocycles. The van der Waals surface area contributed by atoms with E-state index in [1.807, 2.05) is 0 Å². The third kappa shape index (κ3) is 6.98. The molecule has 24 heavy (non-hydrogen) atoms. The summed E-state index contributed by atoms with van der Waals surface area (Å²) >= 11 is 0. The van der Waals surface area contributed by atoms with E-state index in [4.69, 9.17) is 13.7 Å². The average molecular weight is 363 g/mol. The third-order valence-corrected chi connectivity index (χ3v) is 5.90. The molecule has 0 aromatic rings. The summed E-state index contributed by atoms with van der Waals surface area (Å²) in [6.07, 6.45) is 13.6. The fraction of sp³-hybridized carbons (Fsp3) is 1.00. The molecule has 1 unspecified atom stereocenters. The molecule has 2 fully saturated rings. The average Bonchev–Trinajstić information content (AvgIpc) is 2.45. The normalized spacial score (nSPS) is 28.5. The fourth-order valence-electron chi connectivity index (χ4n) is 4.02. The van der Waals surface area contributed by atoms with Crippen molar-refractivity contribution in [3.05, 3.63) is 0 Å². The van der Waals surface area contributed by atoms with Crippen LogP contribution < -0.4 is 0 Å². The molecular weight excluding hydrogens is 328 g/mol. The van der Waals surface area contributed by atoms with Gasteiger partial charge in [0, 0.05) is 13.2 Å². The van der Waals surface area contributed by atoms with Crippen molar-refractivity contribution < 1.29 is 22.1 Å². The van der Waals surface area contributed by atoms with E-state index >= 15 is 0 Å². The second-order valence-corrected chi connectivity index (χ2v) is 8.99. The summed E-state index contributed by atoms with van der Waals surface area (Å²) < 4.78 is 39.6. The van der Waals surface area contributed by atoms with Gasteiger partial charge in [-0.2, -0.15) is 8.42 Å². The predicted molar refractivity (Wildman–Crippen MR) is 94.6 cm³/mol. The third-order valence-electron chi connectivity index (χ3n) is 5.31. The van der Waals surface area contributed by atoms with Gasteiger partial charge in [-0.25, -0.2) is 0 Å². The molecule has 0 amide bonds. The molecule has 1 atom stereocenters. The summed E-state index contributed by atoms with van der Waals surface area (Å²) in [6.45, 7) is 2.46. The van der Waals surface area contributed by atoms with E-state index in [9.17, 15) is 8.42 Å². The lowest BCUT2D eigenvalue weighted by atomic mass is 9.76. The highest BCUT2D eigenvalue weighted by atomic mass is 32.2. The summed E-state index contributed by atoms with van der Waals surface area (Å²) in [6, 6.07) is 0. The van der Waals surface area contributed by atoms with Crippen LogP contribution in [0.5, 0.6) is 0 Å². The van der Waals surface area contributed by atoms with Crippen molar-refractivity contribution in [2.24, 2.45) is 5.92 Å². The highest BCUT2D eigenvalue weighted by molar-refractivity contribution is 7.85. The SMILES string of the molecule is CS(=O)(=O)OCCCC1(C2CCCCCCC2)COCCCCO1. The molecule has 1 saturated heterocycles. The smallest absolute Gasteiger partial charge is 0.264 e. The van der Waals surface area contributed by atoms with Crippen molar-refractivity contribution in [3.8, 4) is 0 Å². The van der Waals surface area contributed by atoms with Gasteiger partial charge in [0.1, 0.15) is 0 Å². The van der Waals surface area contributed by atoms with Crippen molar-refractivity contribution in [2.45, 2.75) is 76.2 Å². The van der Waals surface area contributed by atoms with Crippen LogP contribution in [-0.2, 0) is 23.8 Å². The quantitative estimate of drug-likeness (QED) is 0.533. The fourth-order valence-corrected chi connectivity index (χ4v) is 4.44. The van der Waals surface area contributed by atoms with Gasteiger partial charge in [-0.05, 0) is 44.4 Å². The molecule has 0 bridgehead atoms. The van der Waals surface area contributed by atoms with E-state index in [2.05, 4.69) is 0 Å². The summed E-state index contributed by atoms with van der Waals surface area (Å²) in [4.78, 5) is 0. The monoisotopic (exact) mass is 362 g/mol. The van der Waals surface area contributed by atoms with Gasteiger partial charge in [0.15, 0.2) is 0 Å². The van der Waals surface area contributed by atoms with Gasteiger partial charge in [-0.1, -0.05) is 32.1 Å². The minimum absolute atomic E-state index is 0.233. The molecule has 0 aromatic carbocycles. The first-order valence-electron chi connectivity index (χ1n) is 9.58. The van der Waals surface area contributed by atoms with Crippen LogP contribution in [0.25, 0.3) is 0 Å². The van der Waals surface area contributed by atoms with Crippen LogP contribution in [0.1, 0.15) is 70.6 Å². The highest BCUT2D eigenvalue weighted by Gasteiger charge is 2.40. The first-order chi connectivity index (χ1) is 11.5. The van der Waals surface area contributed by atoms with Crippen LogP contribution in [0.15, 0.2) is 0 Å². The van der Waals surface area contributed by atoms with E-state index in [0.717, 1.165) is 38.7 Å². The van der Waals surface area contributed by atoms with Crippen LogP contribution >= 0.6 is 0 Å². The Labute approximate surface area is 147 Å². The van der Waals surface area contributed by atoms with Crippen LogP contribution in [0.2, 0.25) is 0 Å². The lowest BCUT2D eigenvalue weighted by molar-refractivity contribution is -0.154. The zero-order valence-corrected chi connectivity index (χ0v) is 15.9. The minimum atomic E-state index is -3.37. The van der Waals surface area contributed by atoms with Crippen molar-refractivity contribution in [1.82, 2.24) is 0 Å². The van der Waals surface area contributed by atoms with Crippen LogP contribution in [0.4, 0.5) is 0 Å². The van der Waals surface area contributed by atoms with Crippen LogP contribution in [-0.4, -0.2) is 46.7 Å². The van der Waals surface area contributed by atoms with Gasteiger partial charge in [0.25, 0.3) is 10.1 Å². The predicted octanol–water partition coefficient (Wildman–Crippen LogP) is 3.67. The Morgan fingerprint density at radius 1 is 1.00 bits per heavy atom. The van der Waals surface area contributed by atoms with E-state index in [0.29, 0.717) is 18.9 Å². The van der Waals surface area contributed by atoms with Crippen molar-refractivity contribution in [1.29, 1.82) is 0 Å². The summed E-state index contributed by atoms with van der Waals surface area (Å²) in [5.41, 5.74) is -0.265. The van der Waals surface area contributed by atoms with Gasteiger partial charge >= 0.3 is 0 Å². The molecule has 0 aromatic heterocycles. The van der Waals surface area contributed by atoms with E-state index < -0.39 is 10.1 Å². The lowest BCUT2D eigenvalue weighted by Crippen LogP contribution is -2.47. The Hall–Kier alpha value is -0.170. The van der Waals surface area contributed by atoms with Gasteiger partial charge < -0.3 is 9.47 Å². The van der Waals surface area contributed by atoms with Gasteiger partial charge in [-0.3, -0.25) is 4.18 Å². The molecule has 2 rings (SSSR count). The summed E-state index contributed by atoms with van der Waals surface area (Å²) in [5.74, 6) is 0.508. The Morgan fingerprint density at radius 3 is 2.38 bits per heavy atom. The maximum Gasteiger partial charge on any atom is 0.264 e. The Morgan fingerprint density at radius 2 is 1.67 bits per heavy atom. The maximum atomic E-state index is 11.2. The summed E-state index contributed by atoms with van der Waals surface area (Å²) in [5, 5.41) is 0. The zero-order valence-electron chi connectivity index (χ0n) is 15.1. The van der Waals surface area contributed by atoms with Crippen molar-refractivity contribution in [2.75, 3.05) is 32.7 Å². The number of hydrogen-bond donors (Lipinski definition) is 0. The number of hydrogen-bond acceptors (Lipinski definition) is 5. The van der Waals surface area contributed by atoms with Crippen LogP contribution in [0.3, 0.4) is 0 Å². The van der Waals surface area contributed by atoms with Gasteiger partial charge in [0.05, 0.1) is 25.1 Å². The molecule has 1 saturated carbocycles. The molecule has 142 valence electrons. The number of ether oxygens (including phenoxy) is 2. The molecule has 0 radical (unpaired) electrons. The van der Waals surface area contributed by atoms with E-state index in [-0.39, 0.29) is 12.2 Å². The molecular formula is C18H34O5S.